The van der Waals surface area contributed by atoms with Crippen LogP contribution >= 0.6 is 0 Å². The van der Waals surface area contributed by atoms with Crippen LogP contribution in [0.1, 0.15) is 16.2 Å². The van der Waals surface area contributed by atoms with Crippen molar-refractivity contribution < 1.29 is 22.4 Å². The van der Waals surface area contributed by atoms with E-state index in [1.807, 2.05) is 0 Å². The molecule has 0 saturated carbocycles. The summed E-state index contributed by atoms with van der Waals surface area (Å²) in [4.78, 5) is 19.9. The third kappa shape index (κ3) is 3.54. The summed E-state index contributed by atoms with van der Waals surface area (Å²) in [6, 6.07) is 14.3. The number of aromatic nitrogens is 3. The topological polar surface area (TPSA) is 59.8 Å². The molecule has 0 radical (unpaired) electrons. The van der Waals surface area contributed by atoms with Crippen molar-refractivity contribution in [2.45, 2.75) is 6.18 Å². The number of carbonyl (C=O) groups is 1. The molecule has 4 rings (SSSR count). The van der Waals surface area contributed by atoms with Crippen LogP contribution in [0.3, 0.4) is 0 Å². The number of benzene rings is 2. The molecule has 5 nitrogen and oxygen atoms in total. The summed E-state index contributed by atoms with van der Waals surface area (Å²) in [6.07, 6.45) is -3.48. The van der Waals surface area contributed by atoms with Crippen LogP contribution in [0.5, 0.6) is 0 Å². The number of fused-ring (bicyclic) bond motifs is 1. The van der Waals surface area contributed by atoms with Crippen molar-refractivity contribution in [3.63, 3.8) is 0 Å². The van der Waals surface area contributed by atoms with Gasteiger partial charge in [0.1, 0.15) is 11.6 Å². The molecule has 0 spiro atoms. The standard InChI is InChI=1S/C20H12F4N4O/c21-14-6-2-1-5-13(14)18(29)26-12-9-10-17(25-11-12)28-16-8-4-3-7-15(16)27-19(28)20(22,23)24/h1-11H,(H,26,29). The Bertz CT molecular complexity index is 1200. The summed E-state index contributed by atoms with van der Waals surface area (Å²) < 4.78 is 54.9. The lowest BCUT2D eigenvalue weighted by molar-refractivity contribution is -0.145. The summed E-state index contributed by atoms with van der Waals surface area (Å²) in [5.41, 5.74) is 0.477. The molecule has 0 aliphatic rings. The van der Waals surface area contributed by atoms with Crippen molar-refractivity contribution in [2.75, 3.05) is 5.32 Å². The van der Waals surface area contributed by atoms with Crippen LogP contribution in [0, 0.1) is 5.82 Å². The van der Waals surface area contributed by atoms with Crippen LogP contribution in [0.4, 0.5) is 23.2 Å². The van der Waals surface area contributed by atoms with Gasteiger partial charge in [0.05, 0.1) is 28.5 Å². The highest BCUT2D eigenvalue weighted by Crippen LogP contribution is 2.33. The van der Waals surface area contributed by atoms with Crippen LogP contribution in [-0.4, -0.2) is 20.4 Å². The second-order valence-electron chi connectivity index (χ2n) is 6.10. The van der Waals surface area contributed by atoms with Crippen molar-refractivity contribution in [2.24, 2.45) is 0 Å². The number of hydrogen-bond donors (Lipinski definition) is 1. The summed E-state index contributed by atoms with van der Waals surface area (Å²) in [6.45, 7) is 0. The molecule has 0 atom stereocenters. The maximum Gasteiger partial charge on any atom is 0.450 e. The van der Waals surface area contributed by atoms with Gasteiger partial charge >= 0.3 is 6.18 Å². The lowest BCUT2D eigenvalue weighted by Gasteiger charge is -2.11. The van der Waals surface area contributed by atoms with Gasteiger partial charge in [0.2, 0.25) is 5.82 Å². The van der Waals surface area contributed by atoms with Crippen LogP contribution < -0.4 is 5.32 Å². The zero-order valence-electron chi connectivity index (χ0n) is 14.6. The zero-order chi connectivity index (χ0) is 20.6. The first kappa shape index (κ1) is 18.6. The van der Waals surface area contributed by atoms with E-state index < -0.39 is 23.7 Å². The van der Waals surface area contributed by atoms with E-state index in [1.165, 1.54) is 48.7 Å². The molecule has 2 aromatic carbocycles. The van der Waals surface area contributed by atoms with Gasteiger partial charge in [-0.3, -0.25) is 9.36 Å². The molecule has 9 heteroatoms. The first-order valence-electron chi connectivity index (χ1n) is 8.41. The van der Waals surface area contributed by atoms with E-state index in [2.05, 4.69) is 15.3 Å². The van der Waals surface area contributed by atoms with E-state index in [4.69, 9.17) is 0 Å². The Labute approximate surface area is 161 Å². The first-order valence-corrected chi connectivity index (χ1v) is 8.41. The number of nitrogens with zero attached hydrogens (tertiary/aromatic N) is 3. The third-order valence-corrected chi connectivity index (χ3v) is 4.17. The molecule has 2 heterocycles. The summed E-state index contributed by atoms with van der Waals surface area (Å²) in [7, 11) is 0. The lowest BCUT2D eigenvalue weighted by Crippen LogP contribution is -2.16. The highest BCUT2D eigenvalue weighted by Gasteiger charge is 2.38. The Morgan fingerprint density at radius 2 is 1.69 bits per heavy atom. The Morgan fingerprint density at radius 3 is 2.38 bits per heavy atom. The van der Waals surface area contributed by atoms with Crippen LogP contribution in [0.25, 0.3) is 16.9 Å². The van der Waals surface area contributed by atoms with Gasteiger partial charge in [0.25, 0.3) is 5.91 Å². The number of anilines is 1. The Hall–Kier alpha value is -3.75. The highest BCUT2D eigenvalue weighted by molar-refractivity contribution is 6.04. The van der Waals surface area contributed by atoms with Gasteiger partial charge in [-0.05, 0) is 36.4 Å². The number of para-hydroxylation sites is 2. The van der Waals surface area contributed by atoms with Crippen molar-refractivity contribution in [1.82, 2.24) is 14.5 Å². The predicted molar refractivity (Wildman–Crippen MR) is 98.2 cm³/mol. The van der Waals surface area contributed by atoms with Gasteiger partial charge < -0.3 is 5.32 Å². The maximum atomic E-state index is 13.7. The van der Waals surface area contributed by atoms with Gasteiger partial charge in [-0.25, -0.2) is 14.4 Å². The minimum Gasteiger partial charge on any atom is -0.320 e. The number of rotatable bonds is 3. The van der Waals surface area contributed by atoms with Crippen LogP contribution in [0.15, 0.2) is 66.9 Å². The molecule has 0 fully saturated rings. The molecule has 1 amide bonds. The first-order chi connectivity index (χ1) is 13.8. The van der Waals surface area contributed by atoms with Crippen molar-refractivity contribution in [1.29, 1.82) is 0 Å². The van der Waals surface area contributed by atoms with Crippen molar-refractivity contribution in [3.05, 3.63) is 84.1 Å². The number of halogens is 4. The molecule has 29 heavy (non-hydrogen) atoms. The van der Waals surface area contributed by atoms with Gasteiger partial charge in [0.15, 0.2) is 0 Å². The number of alkyl halides is 3. The molecular weight excluding hydrogens is 388 g/mol. The molecule has 1 N–H and O–H groups in total. The SMILES string of the molecule is O=C(Nc1ccc(-n2c(C(F)(F)F)nc3ccccc32)nc1)c1ccccc1F. The van der Waals surface area contributed by atoms with Crippen molar-refractivity contribution >= 4 is 22.6 Å². The van der Waals surface area contributed by atoms with E-state index in [0.29, 0.717) is 0 Å². The molecule has 0 aliphatic heterocycles. The normalized spacial score (nSPS) is 11.6. The van der Waals surface area contributed by atoms with Gasteiger partial charge in [-0.2, -0.15) is 13.2 Å². The number of carbonyl (C=O) groups excluding carboxylic acids is 1. The average molecular weight is 400 g/mol. The quantitative estimate of drug-likeness (QED) is 0.501. The van der Waals surface area contributed by atoms with E-state index >= 15 is 0 Å². The second-order valence-corrected chi connectivity index (χ2v) is 6.10. The number of nitrogens with one attached hydrogen (secondary N) is 1. The smallest absolute Gasteiger partial charge is 0.320 e. The lowest BCUT2D eigenvalue weighted by atomic mass is 10.2. The molecule has 146 valence electrons. The third-order valence-electron chi connectivity index (χ3n) is 4.17. The highest BCUT2D eigenvalue weighted by atomic mass is 19.4. The average Bonchev–Trinajstić information content (AvgIpc) is 3.09. The van der Waals surface area contributed by atoms with E-state index in [-0.39, 0.29) is 28.1 Å². The van der Waals surface area contributed by atoms with Crippen LogP contribution in [0.2, 0.25) is 0 Å². The molecule has 0 unspecified atom stereocenters. The van der Waals surface area contributed by atoms with Gasteiger partial charge in [-0.1, -0.05) is 24.3 Å². The number of hydrogen-bond acceptors (Lipinski definition) is 3. The van der Waals surface area contributed by atoms with Crippen molar-refractivity contribution in [3.8, 4) is 5.82 Å². The summed E-state index contributed by atoms with van der Waals surface area (Å²) in [5, 5.41) is 2.47. The van der Waals surface area contributed by atoms with E-state index in [1.54, 1.807) is 12.1 Å². The Balaban J connectivity index is 1.69. The summed E-state index contributed by atoms with van der Waals surface area (Å²) in [5.74, 6) is -2.50. The molecule has 0 bridgehead atoms. The van der Waals surface area contributed by atoms with Crippen LogP contribution in [-0.2, 0) is 6.18 Å². The maximum absolute atomic E-state index is 13.7. The van der Waals surface area contributed by atoms with E-state index in [0.717, 1.165) is 10.6 Å². The minimum absolute atomic E-state index is 0.0186. The van der Waals surface area contributed by atoms with E-state index in [9.17, 15) is 22.4 Å². The molecule has 0 aliphatic carbocycles. The molecule has 0 saturated heterocycles. The fourth-order valence-corrected chi connectivity index (χ4v) is 2.88. The monoisotopic (exact) mass is 400 g/mol. The number of pyridine rings is 1. The predicted octanol–water partition coefficient (Wildman–Crippen LogP) is 4.83. The Kier molecular flexibility index (Phi) is 4.50. The fraction of sp³-hybridized carbons (Fsp3) is 0.0500. The fourth-order valence-electron chi connectivity index (χ4n) is 2.88. The summed E-state index contributed by atoms with van der Waals surface area (Å²) >= 11 is 0. The number of imidazole rings is 1. The zero-order valence-corrected chi connectivity index (χ0v) is 14.6. The largest absolute Gasteiger partial charge is 0.450 e. The van der Waals surface area contributed by atoms with Gasteiger partial charge in [-0.15, -0.1) is 0 Å². The Morgan fingerprint density at radius 1 is 0.966 bits per heavy atom. The molecule has 4 aromatic rings. The minimum atomic E-state index is -4.68. The molecule has 2 aromatic heterocycles. The molecular formula is C20H12F4N4O. The number of amides is 1. The van der Waals surface area contributed by atoms with Gasteiger partial charge in [0, 0.05) is 0 Å². The second kappa shape index (κ2) is 7.01.